The van der Waals surface area contributed by atoms with E-state index < -0.39 is 0 Å². The lowest BCUT2D eigenvalue weighted by molar-refractivity contribution is -0.107. The van der Waals surface area contributed by atoms with Gasteiger partial charge in [-0.2, -0.15) is 5.10 Å². The number of allylic oxidation sites excluding steroid dienone is 4. The molecule has 1 fully saturated rings. The molecule has 1 saturated heterocycles. The Morgan fingerprint density at radius 2 is 1.80 bits per heavy atom. The number of nitrogens with one attached hydrogen (secondary N) is 1. The van der Waals surface area contributed by atoms with Crippen molar-refractivity contribution in [1.82, 2.24) is 15.3 Å². The Kier molecular flexibility index (Phi) is 25.8. The molecule has 228 valence electrons. The number of carbonyl (C=O) groups is 1. The Balaban J connectivity index is 0. The van der Waals surface area contributed by atoms with E-state index in [9.17, 15) is 4.79 Å². The Morgan fingerprint density at radius 1 is 1.15 bits per heavy atom. The molecule has 1 aliphatic carbocycles. The summed E-state index contributed by atoms with van der Waals surface area (Å²) >= 11 is 0. The summed E-state index contributed by atoms with van der Waals surface area (Å²) in [6.45, 7) is 24.3. The molecule has 0 amide bonds. The highest BCUT2D eigenvalue weighted by molar-refractivity contribution is 5.55. The average Bonchev–Trinajstić information content (AvgIpc) is 3.01. The van der Waals surface area contributed by atoms with Crippen molar-refractivity contribution in [2.24, 2.45) is 5.10 Å². The van der Waals surface area contributed by atoms with Gasteiger partial charge in [-0.15, -0.1) is 0 Å². The minimum absolute atomic E-state index is 0.708. The van der Waals surface area contributed by atoms with Crippen molar-refractivity contribution in [3.63, 3.8) is 0 Å². The van der Waals surface area contributed by atoms with Gasteiger partial charge in [0.25, 0.3) is 0 Å². The van der Waals surface area contributed by atoms with E-state index >= 15 is 0 Å². The summed E-state index contributed by atoms with van der Waals surface area (Å²) in [5.74, 6) is 0.990. The number of hydrogen-bond acceptors (Lipinski definition) is 7. The van der Waals surface area contributed by atoms with Crippen molar-refractivity contribution < 1.29 is 9.53 Å². The predicted molar refractivity (Wildman–Crippen MR) is 175 cm³/mol. The number of aryl methyl sites for hydroxylation is 1. The number of aldehydes is 1. The van der Waals surface area contributed by atoms with Crippen LogP contribution in [-0.2, 0) is 16.0 Å². The third-order valence-electron chi connectivity index (χ3n) is 5.99. The number of hydrogen-bond donors (Lipinski definition) is 1. The first-order valence-corrected chi connectivity index (χ1v) is 15.1. The number of methoxy groups -OCH3 is 1. The maximum atomic E-state index is 9.40. The van der Waals surface area contributed by atoms with Crippen LogP contribution in [0, 0.1) is 6.92 Å². The van der Waals surface area contributed by atoms with Crippen LogP contribution in [-0.4, -0.2) is 63.3 Å². The molecule has 1 aliphatic heterocycles. The molecule has 0 radical (unpaired) electrons. The lowest BCUT2D eigenvalue weighted by Crippen LogP contribution is -2.44. The maximum Gasteiger partial charge on any atom is 0.119 e. The fraction of sp³-hybridized carbons (Fsp3) is 0.606. The molecule has 0 bridgehead atoms. The zero-order valence-electron chi connectivity index (χ0n) is 27.3. The van der Waals surface area contributed by atoms with Crippen LogP contribution < -0.4 is 10.2 Å². The third kappa shape index (κ3) is 15.6. The zero-order chi connectivity index (χ0) is 30.8. The van der Waals surface area contributed by atoms with E-state index in [1.165, 1.54) is 34.5 Å². The minimum atomic E-state index is 0.708. The smallest absolute Gasteiger partial charge is 0.119 e. The van der Waals surface area contributed by atoms with Gasteiger partial charge < -0.3 is 19.7 Å². The van der Waals surface area contributed by atoms with Gasteiger partial charge in [0.2, 0.25) is 0 Å². The van der Waals surface area contributed by atoms with Gasteiger partial charge in [0, 0.05) is 70.1 Å². The molecule has 0 atom stereocenters. The molecule has 7 nitrogen and oxygen atoms in total. The summed E-state index contributed by atoms with van der Waals surface area (Å²) < 4.78 is 5.29. The zero-order valence-corrected chi connectivity index (χ0v) is 27.3. The third-order valence-corrected chi connectivity index (χ3v) is 5.99. The van der Waals surface area contributed by atoms with E-state index in [0.717, 1.165) is 63.9 Å². The van der Waals surface area contributed by atoms with E-state index in [2.05, 4.69) is 66.0 Å². The van der Waals surface area contributed by atoms with Gasteiger partial charge in [-0.3, -0.25) is 9.99 Å². The Labute approximate surface area is 246 Å². The number of aromatic nitrogens is 1. The van der Waals surface area contributed by atoms with Crippen LogP contribution >= 0.6 is 0 Å². The molecule has 7 heteroatoms. The lowest BCUT2D eigenvalue weighted by Gasteiger charge is -2.31. The lowest BCUT2D eigenvalue weighted by atomic mass is 9.99. The monoisotopic (exact) mass is 557 g/mol. The summed E-state index contributed by atoms with van der Waals surface area (Å²) in [5.41, 5.74) is 6.48. The molecule has 0 saturated carbocycles. The quantitative estimate of drug-likeness (QED) is 0.193. The summed E-state index contributed by atoms with van der Waals surface area (Å²) in [7, 11) is 3.58. The number of ether oxygens (including phenoxy) is 1. The largest absolute Gasteiger partial charge is 0.497 e. The van der Waals surface area contributed by atoms with E-state index in [1.807, 2.05) is 54.1 Å². The molecular weight excluding hydrogens is 498 g/mol. The van der Waals surface area contributed by atoms with E-state index in [0.29, 0.717) is 6.42 Å². The molecule has 0 unspecified atom stereocenters. The number of rotatable bonds is 9. The first-order chi connectivity index (χ1) is 19.4. The summed E-state index contributed by atoms with van der Waals surface area (Å²) in [5, 5.41) is 8.90. The summed E-state index contributed by atoms with van der Waals surface area (Å²) in [4.78, 5) is 16.3. The highest BCUT2D eigenvalue weighted by atomic mass is 16.5. The van der Waals surface area contributed by atoms with Crippen molar-refractivity contribution in [2.75, 3.05) is 45.2 Å². The molecule has 0 spiro atoms. The first-order valence-electron chi connectivity index (χ1n) is 15.1. The van der Waals surface area contributed by atoms with Crippen LogP contribution in [0.1, 0.15) is 91.8 Å². The van der Waals surface area contributed by atoms with Crippen molar-refractivity contribution in [3.8, 4) is 0 Å². The summed E-state index contributed by atoms with van der Waals surface area (Å²) in [6, 6.07) is 2.17. The highest BCUT2D eigenvalue weighted by Gasteiger charge is 2.15. The van der Waals surface area contributed by atoms with E-state index in [4.69, 9.17) is 4.74 Å². The number of hydrazone groups is 1. The van der Waals surface area contributed by atoms with Crippen molar-refractivity contribution in [3.05, 3.63) is 58.8 Å². The minimum Gasteiger partial charge on any atom is -0.497 e. The Hall–Kier alpha value is -2.93. The van der Waals surface area contributed by atoms with Crippen LogP contribution in [0.15, 0.2) is 52.6 Å². The van der Waals surface area contributed by atoms with Gasteiger partial charge in [0.15, 0.2) is 0 Å². The Bertz CT molecular complexity index is 887. The second kappa shape index (κ2) is 26.3. The van der Waals surface area contributed by atoms with Gasteiger partial charge >= 0.3 is 0 Å². The second-order valence-electron chi connectivity index (χ2n) is 8.76. The van der Waals surface area contributed by atoms with Gasteiger partial charge in [0.1, 0.15) is 12.0 Å². The van der Waals surface area contributed by atoms with Crippen molar-refractivity contribution >= 4 is 18.7 Å². The number of piperazine rings is 1. The predicted octanol–water partition coefficient (Wildman–Crippen LogP) is 7.48. The number of pyridine rings is 1. The molecule has 3 rings (SSSR count). The van der Waals surface area contributed by atoms with E-state index in [1.54, 1.807) is 12.1 Å². The standard InChI is InChI=1S/C13H21N3.C12H18N2O.C4H8O.2C2H6/c1-3-4-12-11(2)15-6-5-13(12)16-9-7-14-8-10-16;1-5-11-8-10(9-14(3)13-2)6-7-12(11)15-4;1-2-3-4-5;2*1-2/h5-6,14H,3-4,7-10H2,1-2H3;7-9H,2,5-6H2,1,3-4H3;4H,2-3H2,1H3;2*1-2H3/b;10-9+;;;. The fourth-order valence-corrected chi connectivity index (χ4v) is 4.02. The first kappa shape index (κ1) is 39.2. The second-order valence-corrected chi connectivity index (χ2v) is 8.76. The van der Waals surface area contributed by atoms with E-state index in [-0.39, 0.29) is 0 Å². The SMILES string of the molecule is C=NN(C)/C=C1/C=C(CC)C(OC)=CC1.CC.CC.CCCC=O.CCCc1c(N2CCNCC2)ccnc1C. The van der Waals surface area contributed by atoms with Crippen LogP contribution in [0.2, 0.25) is 0 Å². The normalized spacial score (nSPS) is 14.7. The molecule has 1 aromatic heterocycles. The van der Waals surface area contributed by atoms with Gasteiger partial charge in [0.05, 0.1) is 7.11 Å². The average molecular weight is 558 g/mol. The summed E-state index contributed by atoms with van der Waals surface area (Å²) in [6.07, 6.45) is 15.0. The van der Waals surface area contributed by atoms with Crippen LogP contribution in [0.25, 0.3) is 0 Å². The fourth-order valence-electron chi connectivity index (χ4n) is 4.02. The molecule has 2 heterocycles. The van der Waals surface area contributed by atoms with Crippen molar-refractivity contribution in [1.29, 1.82) is 0 Å². The maximum absolute atomic E-state index is 9.40. The number of carbonyl (C=O) groups excluding carboxylic acids is 1. The van der Waals surface area contributed by atoms with Crippen LogP contribution in [0.3, 0.4) is 0 Å². The number of anilines is 1. The molecular formula is C33H59N5O2. The van der Waals surface area contributed by atoms with Gasteiger partial charge in [-0.25, -0.2) is 0 Å². The number of nitrogens with zero attached hydrogens (tertiary/aromatic N) is 4. The molecule has 0 aromatic carbocycles. The molecule has 1 aromatic rings. The van der Waals surface area contributed by atoms with Crippen LogP contribution in [0.4, 0.5) is 5.69 Å². The van der Waals surface area contributed by atoms with Gasteiger partial charge in [-0.05, 0) is 61.5 Å². The molecule has 2 aliphatic rings. The molecule has 1 N–H and O–H groups in total. The van der Waals surface area contributed by atoms with Gasteiger partial charge in [-0.1, -0.05) is 61.0 Å². The van der Waals surface area contributed by atoms with Crippen molar-refractivity contribution in [2.45, 2.75) is 93.9 Å². The molecule has 40 heavy (non-hydrogen) atoms. The topological polar surface area (TPSA) is 70.1 Å². The van der Waals surface area contributed by atoms with Crippen LogP contribution in [0.5, 0.6) is 0 Å². The number of unbranched alkanes of at least 4 members (excludes halogenated alkanes) is 1. The highest BCUT2D eigenvalue weighted by Crippen LogP contribution is 2.25. The Morgan fingerprint density at radius 3 is 2.27 bits per heavy atom.